The molecule has 0 aromatic heterocycles. The number of hydrogen-bond acceptors (Lipinski definition) is 2. The van der Waals surface area contributed by atoms with Gasteiger partial charge >= 0.3 is 0 Å². The second-order valence-electron chi connectivity index (χ2n) is 4.13. The standard InChI is InChI=1S/C13H20FNO/c1-3-10(2)9-16-13-5-4-11(6-7-15)8-12(13)14/h4-5,8,10H,3,6-7,9,15H2,1-2H3. The first-order valence-electron chi connectivity index (χ1n) is 5.78. The minimum absolute atomic E-state index is 0.297. The van der Waals surface area contributed by atoms with Gasteiger partial charge in [0.05, 0.1) is 6.61 Å². The Hall–Kier alpha value is -1.09. The van der Waals surface area contributed by atoms with E-state index >= 15 is 0 Å². The quantitative estimate of drug-likeness (QED) is 0.808. The molecule has 2 nitrogen and oxygen atoms in total. The van der Waals surface area contributed by atoms with Gasteiger partial charge in [-0.25, -0.2) is 4.39 Å². The molecule has 0 fully saturated rings. The fourth-order valence-corrected chi connectivity index (χ4v) is 1.33. The molecule has 0 saturated carbocycles. The number of rotatable bonds is 6. The fraction of sp³-hybridized carbons (Fsp3) is 0.538. The van der Waals surface area contributed by atoms with Crippen molar-refractivity contribution in [2.45, 2.75) is 26.7 Å². The number of ether oxygens (including phenoxy) is 1. The lowest BCUT2D eigenvalue weighted by atomic mass is 10.1. The van der Waals surface area contributed by atoms with Crippen molar-refractivity contribution in [3.8, 4) is 5.75 Å². The summed E-state index contributed by atoms with van der Waals surface area (Å²) in [5.41, 5.74) is 6.32. The third kappa shape index (κ3) is 3.81. The molecule has 1 aromatic carbocycles. The largest absolute Gasteiger partial charge is 0.490 e. The predicted octanol–water partition coefficient (Wildman–Crippen LogP) is 2.75. The van der Waals surface area contributed by atoms with Crippen LogP contribution in [-0.4, -0.2) is 13.2 Å². The molecule has 3 heteroatoms. The monoisotopic (exact) mass is 225 g/mol. The van der Waals surface area contributed by atoms with Gasteiger partial charge in [-0.15, -0.1) is 0 Å². The molecule has 16 heavy (non-hydrogen) atoms. The number of hydrogen-bond donors (Lipinski definition) is 1. The van der Waals surface area contributed by atoms with Crippen molar-refractivity contribution < 1.29 is 9.13 Å². The van der Waals surface area contributed by atoms with Crippen LogP contribution in [0.2, 0.25) is 0 Å². The molecule has 0 spiro atoms. The van der Waals surface area contributed by atoms with Gasteiger partial charge < -0.3 is 10.5 Å². The maximum atomic E-state index is 13.6. The van der Waals surface area contributed by atoms with Crippen molar-refractivity contribution in [1.29, 1.82) is 0 Å². The molecular formula is C13H20FNO. The van der Waals surface area contributed by atoms with Gasteiger partial charge in [0.25, 0.3) is 0 Å². The van der Waals surface area contributed by atoms with Gasteiger partial charge in [0.2, 0.25) is 0 Å². The summed E-state index contributed by atoms with van der Waals surface area (Å²) >= 11 is 0. The topological polar surface area (TPSA) is 35.2 Å². The zero-order valence-electron chi connectivity index (χ0n) is 10.0. The maximum absolute atomic E-state index is 13.6. The summed E-state index contributed by atoms with van der Waals surface area (Å²) in [7, 11) is 0. The van der Waals surface area contributed by atoms with E-state index in [9.17, 15) is 4.39 Å². The number of benzene rings is 1. The van der Waals surface area contributed by atoms with Crippen LogP contribution in [0, 0.1) is 11.7 Å². The Balaban J connectivity index is 2.60. The zero-order valence-corrected chi connectivity index (χ0v) is 10.0. The van der Waals surface area contributed by atoms with Gasteiger partial charge in [0, 0.05) is 0 Å². The average Bonchev–Trinajstić information content (AvgIpc) is 2.28. The summed E-state index contributed by atoms with van der Waals surface area (Å²) in [6, 6.07) is 5.05. The van der Waals surface area contributed by atoms with Crippen LogP contribution in [-0.2, 0) is 6.42 Å². The molecule has 0 heterocycles. The molecule has 0 aliphatic heterocycles. The summed E-state index contributed by atoms with van der Waals surface area (Å²) in [6.07, 6.45) is 1.73. The van der Waals surface area contributed by atoms with Crippen molar-refractivity contribution in [2.75, 3.05) is 13.2 Å². The average molecular weight is 225 g/mol. The van der Waals surface area contributed by atoms with E-state index in [0.29, 0.717) is 31.2 Å². The van der Waals surface area contributed by atoms with Crippen molar-refractivity contribution in [2.24, 2.45) is 11.7 Å². The Morgan fingerprint density at radius 1 is 1.44 bits per heavy atom. The van der Waals surface area contributed by atoms with Gasteiger partial charge in [0.1, 0.15) is 0 Å². The molecule has 0 aliphatic rings. The fourth-order valence-electron chi connectivity index (χ4n) is 1.33. The molecule has 0 amide bonds. The molecule has 0 bridgehead atoms. The summed E-state index contributed by atoms with van der Waals surface area (Å²) in [4.78, 5) is 0. The van der Waals surface area contributed by atoms with Crippen molar-refractivity contribution in [1.82, 2.24) is 0 Å². The first kappa shape index (κ1) is 13.0. The van der Waals surface area contributed by atoms with E-state index in [-0.39, 0.29) is 5.82 Å². The Kier molecular flexibility index (Phi) is 5.26. The maximum Gasteiger partial charge on any atom is 0.165 e. The normalized spacial score (nSPS) is 12.5. The Bertz CT molecular complexity index is 328. The SMILES string of the molecule is CCC(C)COc1ccc(CCN)cc1F. The summed E-state index contributed by atoms with van der Waals surface area (Å²) in [5, 5.41) is 0. The third-order valence-corrected chi connectivity index (χ3v) is 2.65. The summed E-state index contributed by atoms with van der Waals surface area (Å²) < 4.78 is 19.0. The van der Waals surface area contributed by atoms with Gasteiger partial charge in [-0.05, 0) is 36.6 Å². The van der Waals surface area contributed by atoms with E-state index < -0.39 is 0 Å². The summed E-state index contributed by atoms with van der Waals surface area (Å²) in [6.45, 7) is 5.27. The Morgan fingerprint density at radius 2 is 2.19 bits per heavy atom. The molecular weight excluding hydrogens is 205 g/mol. The summed E-state index contributed by atoms with van der Waals surface area (Å²) in [5.74, 6) is 0.485. The van der Waals surface area contributed by atoms with Crippen LogP contribution >= 0.6 is 0 Å². The van der Waals surface area contributed by atoms with Crippen molar-refractivity contribution in [3.05, 3.63) is 29.6 Å². The van der Waals surface area contributed by atoms with Crippen molar-refractivity contribution in [3.63, 3.8) is 0 Å². The van der Waals surface area contributed by atoms with E-state index in [4.69, 9.17) is 10.5 Å². The molecule has 0 aliphatic carbocycles. The lowest BCUT2D eigenvalue weighted by Gasteiger charge is -2.12. The highest BCUT2D eigenvalue weighted by Gasteiger charge is 2.06. The van der Waals surface area contributed by atoms with E-state index in [0.717, 1.165) is 12.0 Å². The van der Waals surface area contributed by atoms with E-state index in [2.05, 4.69) is 13.8 Å². The molecule has 2 N–H and O–H groups in total. The zero-order chi connectivity index (χ0) is 12.0. The smallest absolute Gasteiger partial charge is 0.165 e. The van der Waals surface area contributed by atoms with Gasteiger partial charge in [-0.2, -0.15) is 0 Å². The van der Waals surface area contributed by atoms with Crippen LogP contribution in [0.15, 0.2) is 18.2 Å². The lowest BCUT2D eigenvalue weighted by molar-refractivity contribution is 0.246. The van der Waals surface area contributed by atoms with Gasteiger partial charge in [-0.1, -0.05) is 26.3 Å². The highest BCUT2D eigenvalue weighted by molar-refractivity contribution is 5.29. The minimum atomic E-state index is -0.297. The molecule has 1 atom stereocenters. The first-order valence-corrected chi connectivity index (χ1v) is 5.78. The molecule has 1 unspecified atom stereocenters. The second-order valence-corrected chi connectivity index (χ2v) is 4.13. The van der Waals surface area contributed by atoms with Gasteiger partial charge in [0.15, 0.2) is 11.6 Å². The van der Waals surface area contributed by atoms with Crippen LogP contribution < -0.4 is 10.5 Å². The number of nitrogens with two attached hydrogens (primary N) is 1. The Morgan fingerprint density at radius 3 is 2.75 bits per heavy atom. The molecule has 90 valence electrons. The Labute approximate surface area is 96.6 Å². The highest BCUT2D eigenvalue weighted by Crippen LogP contribution is 2.19. The van der Waals surface area contributed by atoms with Gasteiger partial charge in [-0.3, -0.25) is 0 Å². The van der Waals surface area contributed by atoms with Crippen LogP contribution in [0.3, 0.4) is 0 Å². The molecule has 1 rings (SSSR count). The molecule has 0 radical (unpaired) electrons. The van der Waals surface area contributed by atoms with Crippen LogP contribution in [0.25, 0.3) is 0 Å². The second kappa shape index (κ2) is 6.48. The first-order chi connectivity index (χ1) is 7.67. The third-order valence-electron chi connectivity index (χ3n) is 2.65. The van der Waals surface area contributed by atoms with Crippen LogP contribution in [0.5, 0.6) is 5.75 Å². The van der Waals surface area contributed by atoms with E-state index in [1.807, 2.05) is 6.07 Å². The van der Waals surface area contributed by atoms with Crippen LogP contribution in [0.4, 0.5) is 4.39 Å². The lowest BCUT2D eigenvalue weighted by Crippen LogP contribution is -2.08. The van der Waals surface area contributed by atoms with Crippen LogP contribution in [0.1, 0.15) is 25.8 Å². The van der Waals surface area contributed by atoms with E-state index in [1.165, 1.54) is 6.07 Å². The molecule has 0 saturated heterocycles. The van der Waals surface area contributed by atoms with Crippen molar-refractivity contribution >= 4 is 0 Å². The highest BCUT2D eigenvalue weighted by atomic mass is 19.1. The predicted molar refractivity (Wildman–Crippen MR) is 64.1 cm³/mol. The van der Waals surface area contributed by atoms with E-state index in [1.54, 1.807) is 6.07 Å². The number of halogens is 1. The minimum Gasteiger partial charge on any atom is -0.490 e. The molecule has 1 aromatic rings.